The number of piperazine rings is 1. The monoisotopic (exact) mass is 240 g/mol. The van der Waals surface area contributed by atoms with Crippen LogP contribution in [0.1, 0.15) is 18.4 Å². The molecule has 0 aromatic carbocycles. The highest BCUT2D eigenvalue weighted by molar-refractivity contribution is 6.29. The maximum atomic E-state index is 5.91. The van der Waals surface area contributed by atoms with Gasteiger partial charge in [0.1, 0.15) is 11.0 Å². The van der Waals surface area contributed by atoms with Gasteiger partial charge in [0, 0.05) is 31.4 Å². The molecule has 0 amide bonds. The lowest BCUT2D eigenvalue weighted by molar-refractivity contribution is 0.195. The molecule has 1 atom stereocenters. The van der Waals surface area contributed by atoms with Gasteiger partial charge in [0.05, 0.1) is 6.54 Å². The van der Waals surface area contributed by atoms with Gasteiger partial charge in [0.2, 0.25) is 0 Å². The van der Waals surface area contributed by atoms with E-state index in [0.29, 0.717) is 11.2 Å². The predicted molar refractivity (Wildman–Crippen MR) is 64.5 cm³/mol. The normalized spacial score (nSPS) is 22.3. The van der Waals surface area contributed by atoms with Gasteiger partial charge >= 0.3 is 0 Å². The molecule has 1 fully saturated rings. The average Bonchev–Trinajstić information content (AvgIpc) is 2.15. The molecule has 0 aliphatic carbocycles. The molecule has 0 radical (unpaired) electrons. The largest absolute Gasteiger partial charge is 0.312 e. The Morgan fingerprint density at radius 2 is 2.38 bits per heavy atom. The van der Waals surface area contributed by atoms with Crippen molar-refractivity contribution < 1.29 is 0 Å². The number of nitrogens with one attached hydrogen (secondary N) is 1. The van der Waals surface area contributed by atoms with Crippen molar-refractivity contribution in [2.75, 3.05) is 19.6 Å². The first-order valence-electron chi connectivity index (χ1n) is 5.59. The van der Waals surface area contributed by atoms with Crippen molar-refractivity contribution in [2.45, 2.75) is 26.4 Å². The second kappa shape index (κ2) is 5.08. The quantitative estimate of drug-likeness (QED) is 0.790. The molecule has 0 bridgehead atoms. The van der Waals surface area contributed by atoms with E-state index in [-0.39, 0.29) is 0 Å². The van der Waals surface area contributed by atoms with Crippen molar-refractivity contribution in [1.82, 2.24) is 20.2 Å². The highest BCUT2D eigenvalue weighted by atomic mass is 35.5. The maximum absolute atomic E-state index is 5.91. The van der Waals surface area contributed by atoms with Gasteiger partial charge in [-0.15, -0.1) is 0 Å². The zero-order chi connectivity index (χ0) is 11.5. The van der Waals surface area contributed by atoms with Crippen molar-refractivity contribution in [3.05, 3.63) is 22.7 Å². The summed E-state index contributed by atoms with van der Waals surface area (Å²) >= 11 is 5.91. The molecule has 0 saturated carbocycles. The van der Waals surface area contributed by atoms with E-state index in [1.165, 1.54) is 0 Å². The number of hydrogen-bond acceptors (Lipinski definition) is 4. The molecule has 2 heterocycles. The Morgan fingerprint density at radius 3 is 3.06 bits per heavy atom. The smallest absolute Gasteiger partial charge is 0.144 e. The number of rotatable bonds is 2. The minimum atomic E-state index is 0.533. The molecule has 0 spiro atoms. The van der Waals surface area contributed by atoms with Crippen LogP contribution in [0.4, 0.5) is 0 Å². The Bertz CT molecular complexity index is 349. The summed E-state index contributed by atoms with van der Waals surface area (Å²) in [5.74, 6) is 0.819. The third kappa shape index (κ3) is 3.14. The summed E-state index contributed by atoms with van der Waals surface area (Å²) in [5, 5.41) is 3.94. The SMILES string of the molecule is Cc1cc(Cl)nc(CN2CCNC(C)C2)n1. The van der Waals surface area contributed by atoms with Crippen LogP contribution in [0.2, 0.25) is 5.15 Å². The summed E-state index contributed by atoms with van der Waals surface area (Å²) in [7, 11) is 0. The van der Waals surface area contributed by atoms with E-state index in [9.17, 15) is 0 Å². The molecule has 1 aromatic heterocycles. The fourth-order valence-electron chi connectivity index (χ4n) is 2.02. The Labute approximate surface area is 101 Å². The fourth-order valence-corrected chi connectivity index (χ4v) is 2.27. The van der Waals surface area contributed by atoms with Gasteiger partial charge in [-0.05, 0) is 19.9 Å². The van der Waals surface area contributed by atoms with Crippen molar-refractivity contribution >= 4 is 11.6 Å². The highest BCUT2D eigenvalue weighted by Crippen LogP contribution is 2.09. The lowest BCUT2D eigenvalue weighted by Crippen LogP contribution is -2.48. The summed E-state index contributed by atoms with van der Waals surface area (Å²) in [5.41, 5.74) is 0.929. The first-order valence-corrected chi connectivity index (χ1v) is 5.97. The van der Waals surface area contributed by atoms with Gasteiger partial charge in [-0.25, -0.2) is 9.97 Å². The number of aryl methyl sites for hydroxylation is 1. The van der Waals surface area contributed by atoms with Crippen molar-refractivity contribution in [2.24, 2.45) is 0 Å². The summed E-state index contributed by atoms with van der Waals surface area (Å²) < 4.78 is 0. The fraction of sp³-hybridized carbons (Fsp3) is 0.636. The molecule has 1 unspecified atom stereocenters. The van der Waals surface area contributed by atoms with Crippen LogP contribution in [0.5, 0.6) is 0 Å². The van der Waals surface area contributed by atoms with Crippen LogP contribution in [-0.2, 0) is 6.54 Å². The average molecular weight is 241 g/mol. The molecule has 1 saturated heterocycles. The topological polar surface area (TPSA) is 41.1 Å². The molecular weight excluding hydrogens is 224 g/mol. The lowest BCUT2D eigenvalue weighted by atomic mass is 10.2. The summed E-state index contributed by atoms with van der Waals surface area (Å²) in [6.07, 6.45) is 0. The number of aromatic nitrogens is 2. The van der Waals surface area contributed by atoms with Gasteiger partial charge in [-0.2, -0.15) is 0 Å². The predicted octanol–water partition coefficient (Wildman–Crippen LogP) is 1.23. The Kier molecular flexibility index (Phi) is 3.74. The van der Waals surface area contributed by atoms with E-state index in [0.717, 1.165) is 37.7 Å². The van der Waals surface area contributed by atoms with Crippen LogP contribution in [0.25, 0.3) is 0 Å². The summed E-state index contributed by atoms with van der Waals surface area (Å²) in [6, 6.07) is 2.32. The van der Waals surface area contributed by atoms with Gasteiger partial charge in [0.15, 0.2) is 0 Å². The van der Waals surface area contributed by atoms with E-state index >= 15 is 0 Å². The molecule has 2 rings (SSSR count). The number of nitrogens with zero attached hydrogens (tertiary/aromatic N) is 3. The number of halogens is 1. The van der Waals surface area contributed by atoms with Crippen molar-refractivity contribution in [1.29, 1.82) is 0 Å². The third-order valence-electron chi connectivity index (χ3n) is 2.69. The highest BCUT2D eigenvalue weighted by Gasteiger charge is 2.16. The Balaban J connectivity index is 2.02. The lowest BCUT2D eigenvalue weighted by Gasteiger charge is -2.31. The molecule has 1 aromatic rings. The van der Waals surface area contributed by atoms with E-state index in [2.05, 4.69) is 27.1 Å². The van der Waals surface area contributed by atoms with Crippen LogP contribution < -0.4 is 5.32 Å². The Hall–Kier alpha value is -0.710. The van der Waals surface area contributed by atoms with Crippen molar-refractivity contribution in [3.8, 4) is 0 Å². The first-order chi connectivity index (χ1) is 7.63. The summed E-state index contributed by atoms with van der Waals surface area (Å²) in [4.78, 5) is 11.0. The van der Waals surface area contributed by atoms with Crippen LogP contribution in [0.3, 0.4) is 0 Å². The first kappa shape index (κ1) is 11.8. The zero-order valence-electron chi connectivity index (χ0n) is 9.70. The molecule has 1 N–H and O–H groups in total. The minimum Gasteiger partial charge on any atom is -0.312 e. The van der Waals surface area contributed by atoms with Crippen LogP contribution >= 0.6 is 11.6 Å². The van der Waals surface area contributed by atoms with Gasteiger partial charge in [-0.3, -0.25) is 4.90 Å². The van der Waals surface area contributed by atoms with Crippen molar-refractivity contribution in [3.63, 3.8) is 0 Å². The maximum Gasteiger partial charge on any atom is 0.144 e. The van der Waals surface area contributed by atoms with E-state index in [1.54, 1.807) is 6.07 Å². The Morgan fingerprint density at radius 1 is 1.56 bits per heavy atom. The van der Waals surface area contributed by atoms with Crippen LogP contribution in [-0.4, -0.2) is 40.5 Å². The molecule has 16 heavy (non-hydrogen) atoms. The molecule has 88 valence electrons. The van der Waals surface area contributed by atoms with E-state index in [4.69, 9.17) is 11.6 Å². The van der Waals surface area contributed by atoms with E-state index < -0.39 is 0 Å². The van der Waals surface area contributed by atoms with Gasteiger partial charge in [-0.1, -0.05) is 11.6 Å². The molecule has 5 heteroatoms. The zero-order valence-corrected chi connectivity index (χ0v) is 10.5. The third-order valence-corrected chi connectivity index (χ3v) is 2.88. The second-order valence-electron chi connectivity index (χ2n) is 4.34. The van der Waals surface area contributed by atoms with E-state index in [1.807, 2.05) is 6.92 Å². The molecule has 4 nitrogen and oxygen atoms in total. The molecule has 1 aliphatic rings. The van der Waals surface area contributed by atoms with Gasteiger partial charge in [0.25, 0.3) is 0 Å². The minimum absolute atomic E-state index is 0.533. The standard InChI is InChI=1S/C11H17ClN4/c1-8-5-10(12)15-11(14-8)7-16-4-3-13-9(2)6-16/h5,9,13H,3-4,6-7H2,1-2H3. The second-order valence-corrected chi connectivity index (χ2v) is 4.73. The number of hydrogen-bond donors (Lipinski definition) is 1. The van der Waals surface area contributed by atoms with Crippen LogP contribution in [0, 0.1) is 6.92 Å². The van der Waals surface area contributed by atoms with Crippen LogP contribution in [0.15, 0.2) is 6.07 Å². The molecule has 1 aliphatic heterocycles. The summed E-state index contributed by atoms with van der Waals surface area (Å²) in [6.45, 7) is 8.02. The molecular formula is C11H17ClN4. The van der Waals surface area contributed by atoms with Gasteiger partial charge < -0.3 is 5.32 Å².